The summed E-state index contributed by atoms with van der Waals surface area (Å²) in [5.74, 6) is 2.11. The number of aryl methyl sites for hydroxylation is 1. The summed E-state index contributed by atoms with van der Waals surface area (Å²) in [7, 11) is 0. The molecule has 2 rings (SSSR count). The second-order valence-corrected chi connectivity index (χ2v) is 10.3. The molecule has 1 heterocycles. The van der Waals surface area contributed by atoms with Crippen molar-refractivity contribution in [2.45, 2.75) is 123 Å². The second kappa shape index (κ2) is 18.3. The van der Waals surface area contributed by atoms with Crippen molar-refractivity contribution >= 4 is 0 Å². The summed E-state index contributed by atoms with van der Waals surface area (Å²) in [6.07, 6.45) is 21.0. The maximum Gasteiger partial charge on any atom is 0.159 e. The minimum absolute atomic E-state index is 0.118. The first kappa shape index (κ1) is 29.3. The van der Waals surface area contributed by atoms with Gasteiger partial charge in [0, 0.05) is 18.0 Å². The molecule has 0 aliphatic carbocycles. The number of aromatic nitrogens is 2. The fraction of sp³-hybridized carbons (Fsp3) is 0.677. The van der Waals surface area contributed by atoms with Gasteiger partial charge in [0.25, 0.3) is 0 Å². The molecule has 0 fully saturated rings. The molecule has 0 spiro atoms. The first-order valence-corrected chi connectivity index (χ1v) is 14.3. The van der Waals surface area contributed by atoms with Crippen molar-refractivity contribution in [1.82, 2.24) is 9.97 Å². The van der Waals surface area contributed by atoms with Crippen LogP contribution in [-0.4, -0.2) is 22.7 Å². The zero-order valence-corrected chi connectivity index (χ0v) is 22.6. The number of hydrogen-bond donors (Lipinski definition) is 0. The van der Waals surface area contributed by atoms with E-state index in [-0.39, 0.29) is 6.61 Å². The topological polar surface area (TPSA) is 35.0 Å². The van der Waals surface area contributed by atoms with E-state index in [0.717, 1.165) is 30.7 Å². The minimum atomic E-state index is -0.912. The predicted molar refractivity (Wildman–Crippen MR) is 147 cm³/mol. The van der Waals surface area contributed by atoms with Gasteiger partial charge in [0.05, 0.1) is 0 Å². The monoisotopic (exact) mass is 484 g/mol. The fourth-order valence-corrected chi connectivity index (χ4v) is 4.46. The van der Waals surface area contributed by atoms with Crippen molar-refractivity contribution in [3.05, 3.63) is 42.2 Å². The van der Waals surface area contributed by atoms with Crippen LogP contribution in [0, 0.1) is 5.92 Å². The van der Waals surface area contributed by atoms with E-state index in [1.54, 1.807) is 0 Å². The molecule has 2 aromatic rings. The third-order valence-corrected chi connectivity index (χ3v) is 6.83. The Morgan fingerprint density at radius 2 is 1.34 bits per heavy atom. The average Bonchev–Trinajstić information content (AvgIpc) is 2.88. The standard InChI is InChI=1S/C31H49FN2O/c1-4-6-8-9-10-11-13-17-27-23-33-31(34-24-27)28-19-21-30(22-20-28)35-25-29(32)18-14-16-26(3)15-12-7-5-2/h19-24,26,29H,4-18,25H2,1-3H3. The van der Waals surface area contributed by atoms with Gasteiger partial charge in [-0.3, -0.25) is 0 Å². The molecule has 2 atom stereocenters. The van der Waals surface area contributed by atoms with E-state index in [1.165, 1.54) is 76.2 Å². The Labute approximate surface area is 214 Å². The lowest BCUT2D eigenvalue weighted by Crippen LogP contribution is -2.13. The predicted octanol–water partition coefficient (Wildman–Crippen LogP) is 9.54. The van der Waals surface area contributed by atoms with E-state index in [0.29, 0.717) is 18.1 Å². The van der Waals surface area contributed by atoms with Crippen LogP contribution in [0.25, 0.3) is 11.4 Å². The van der Waals surface area contributed by atoms with Crippen LogP contribution >= 0.6 is 0 Å². The fourth-order valence-electron chi connectivity index (χ4n) is 4.46. The van der Waals surface area contributed by atoms with Crippen LogP contribution in [0.1, 0.15) is 116 Å². The number of benzene rings is 1. The third-order valence-electron chi connectivity index (χ3n) is 6.83. The van der Waals surface area contributed by atoms with Crippen LogP contribution < -0.4 is 4.74 Å². The molecule has 0 saturated carbocycles. The van der Waals surface area contributed by atoms with Gasteiger partial charge in [-0.25, -0.2) is 14.4 Å². The van der Waals surface area contributed by atoms with Gasteiger partial charge in [-0.15, -0.1) is 0 Å². The molecule has 0 amide bonds. The van der Waals surface area contributed by atoms with Crippen molar-refractivity contribution in [3.63, 3.8) is 0 Å². The molecule has 3 nitrogen and oxygen atoms in total. The molecule has 1 aromatic heterocycles. The van der Waals surface area contributed by atoms with E-state index < -0.39 is 6.17 Å². The van der Waals surface area contributed by atoms with Crippen LogP contribution in [0.2, 0.25) is 0 Å². The van der Waals surface area contributed by atoms with E-state index in [2.05, 4.69) is 30.7 Å². The quantitative estimate of drug-likeness (QED) is 0.175. The van der Waals surface area contributed by atoms with Crippen molar-refractivity contribution in [1.29, 1.82) is 0 Å². The van der Waals surface area contributed by atoms with Crippen LogP contribution in [0.15, 0.2) is 36.7 Å². The molecule has 0 aliphatic rings. The molecule has 0 saturated heterocycles. The lowest BCUT2D eigenvalue weighted by Gasteiger charge is -2.13. The molecule has 35 heavy (non-hydrogen) atoms. The second-order valence-electron chi connectivity index (χ2n) is 10.3. The van der Waals surface area contributed by atoms with Gasteiger partial charge in [-0.1, -0.05) is 97.8 Å². The van der Waals surface area contributed by atoms with Gasteiger partial charge in [-0.05, 0) is 55.0 Å². The van der Waals surface area contributed by atoms with Crippen molar-refractivity contribution in [2.75, 3.05) is 6.61 Å². The number of hydrogen-bond acceptors (Lipinski definition) is 3. The van der Waals surface area contributed by atoms with Crippen LogP contribution in [0.5, 0.6) is 5.75 Å². The van der Waals surface area contributed by atoms with Gasteiger partial charge in [0.1, 0.15) is 18.5 Å². The summed E-state index contributed by atoms with van der Waals surface area (Å²) in [5, 5.41) is 0. The highest BCUT2D eigenvalue weighted by molar-refractivity contribution is 5.55. The Balaban J connectivity index is 1.65. The molecule has 1 aromatic carbocycles. The average molecular weight is 485 g/mol. The third kappa shape index (κ3) is 13.1. The molecule has 0 bridgehead atoms. The van der Waals surface area contributed by atoms with E-state index in [4.69, 9.17) is 4.74 Å². The lowest BCUT2D eigenvalue weighted by molar-refractivity contribution is 0.182. The lowest BCUT2D eigenvalue weighted by atomic mass is 9.97. The largest absolute Gasteiger partial charge is 0.491 e. The molecule has 0 aliphatic heterocycles. The zero-order valence-electron chi connectivity index (χ0n) is 22.6. The molecule has 2 unspecified atom stereocenters. The summed E-state index contributed by atoms with van der Waals surface area (Å²) in [4.78, 5) is 9.10. The van der Waals surface area contributed by atoms with Gasteiger partial charge >= 0.3 is 0 Å². The molecule has 4 heteroatoms. The number of nitrogens with zero attached hydrogens (tertiary/aromatic N) is 2. The SMILES string of the molecule is CCCCCCCCCc1cnc(-c2ccc(OCC(F)CCCC(C)CCCCC)cc2)nc1. The Hall–Kier alpha value is -1.97. The normalized spacial score (nSPS) is 13.0. The maximum atomic E-state index is 14.3. The Morgan fingerprint density at radius 1 is 0.743 bits per heavy atom. The van der Waals surface area contributed by atoms with E-state index in [1.807, 2.05) is 36.7 Å². The first-order valence-electron chi connectivity index (χ1n) is 14.3. The summed E-state index contributed by atoms with van der Waals surface area (Å²) in [6, 6.07) is 7.67. The Bertz CT molecular complexity index is 763. The first-order chi connectivity index (χ1) is 17.1. The van der Waals surface area contributed by atoms with Crippen molar-refractivity contribution < 1.29 is 9.13 Å². The Kier molecular flexibility index (Phi) is 15.3. The Morgan fingerprint density at radius 3 is 2.03 bits per heavy atom. The summed E-state index contributed by atoms with van der Waals surface area (Å²) in [5.41, 5.74) is 2.15. The molecule has 0 N–H and O–H groups in total. The number of unbranched alkanes of at least 4 members (excludes halogenated alkanes) is 8. The van der Waals surface area contributed by atoms with Crippen molar-refractivity contribution in [2.24, 2.45) is 5.92 Å². The molecular weight excluding hydrogens is 435 g/mol. The highest BCUT2D eigenvalue weighted by Crippen LogP contribution is 2.21. The summed E-state index contributed by atoms with van der Waals surface area (Å²) >= 11 is 0. The van der Waals surface area contributed by atoms with Gasteiger partial charge in [0.15, 0.2) is 5.82 Å². The van der Waals surface area contributed by atoms with Gasteiger partial charge in [0.2, 0.25) is 0 Å². The van der Waals surface area contributed by atoms with Crippen molar-refractivity contribution in [3.8, 4) is 17.1 Å². The molecule has 0 radical (unpaired) electrons. The molecule has 196 valence electrons. The number of alkyl halides is 1. The van der Waals surface area contributed by atoms with Gasteiger partial charge < -0.3 is 4.74 Å². The highest BCUT2D eigenvalue weighted by atomic mass is 19.1. The van der Waals surface area contributed by atoms with Crippen LogP contribution in [-0.2, 0) is 6.42 Å². The van der Waals surface area contributed by atoms with E-state index >= 15 is 0 Å². The number of ether oxygens (including phenoxy) is 1. The van der Waals surface area contributed by atoms with Crippen LogP contribution in [0.4, 0.5) is 4.39 Å². The summed E-state index contributed by atoms with van der Waals surface area (Å²) < 4.78 is 19.9. The van der Waals surface area contributed by atoms with Crippen LogP contribution in [0.3, 0.4) is 0 Å². The highest BCUT2D eigenvalue weighted by Gasteiger charge is 2.10. The zero-order chi connectivity index (χ0) is 25.1. The maximum absolute atomic E-state index is 14.3. The summed E-state index contributed by atoms with van der Waals surface area (Å²) in [6.45, 7) is 6.89. The minimum Gasteiger partial charge on any atom is -0.491 e. The smallest absolute Gasteiger partial charge is 0.159 e. The van der Waals surface area contributed by atoms with E-state index in [9.17, 15) is 4.39 Å². The molecular formula is C31H49FN2O. The van der Waals surface area contributed by atoms with Gasteiger partial charge in [-0.2, -0.15) is 0 Å². The number of rotatable bonds is 20. The number of halogens is 1.